The summed E-state index contributed by atoms with van der Waals surface area (Å²) in [5.41, 5.74) is 1.58. The highest BCUT2D eigenvalue weighted by atomic mass is 16.5. The number of benzene rings is 3. The fraction of sp³-hybridized carbons (Fsp3) is 0.250. The molecule has 3 aromatic rings. The molecule has 1 saturated carbocycles. The van der Waals surface area contributed by atoms with Gasteiger partial charge in [-0.05, 0) is 48.9 Å². The SMILES string of the molecule is O=C(COC(=O)CCCN1C(=O)c2cccc3cccc(c23)C1=O)Nc1ccccc1C(=O)NC1CC1. The van der Waals surface area contributed by atoms with Gasteiger partial charge in [-0.25, -0.2) is 0 Å². The summed E-state index contributed by atoms with van der Waals surface area (Å²) in [5.74, 6) is -2.27. The number of para-hydroxylation sites is 1. The number of esters is 1. The van der Waals surface area contributed by atoms with Crippen molar-refractivity contribution in [3.8, 4) is 0 Å². The first-order valence-corrected chi connectivity index (χ1v) is 12.2. The zero-order chi connectivity index (χ0) is 25.9. The van der Waals surface area contributed by atoms with Crippen LogP contribution in [0.1, 0.15) is 56.8 Å². The summed E-state index contributed by atoms with van der Waals surface area (Å²) >= 11 is 0. The van der Waals surface area contributed by atoms with E-state index in [1.807, 2.05) is 12.1 Å². The number of nitrogens with one attached hydrogen (secondary N) is 2. The molecule has 0 saturated heterocycles. The Bertz CT molecular complexity index is 1380. The Morgan fingerprint density at radius 3 is 2.24 bits per heavy atom. The van der Waals surface area contributed by atoms with E-state index in [0.717, 1.165) is 23.1 Å². The first-order valence-electron chi connectivity index (χ1n) is 12.2. The second kappa shape index (κ2) is 10.2. The van der Waals surface area contributed by atoms with Crippen molar-refractivity contribution in [1.29, 1.82) is 0 Å². The minimum absolute atomic E-state index is 0.0488. The fourth-order valence-electron chi connectivity index (χ4n) is 4.35. The molecule has 0 unspecified atom stereocenters. The lowest BCUT2D eigenvalue weighted by molar-refractivity contribution is -0.147. The van der Waals surface area contributed by atoms with Crippen molar-refractivity contribution in [2.75, 3.05) is 18.5 Å². The summed E-state index contributed by atoms with van der Waals surface area (Å²) in [7, 11) is 0. The van der Waals surface area contributed by atoms with E-state index in [1.165, 1.54) is 0 Å². The molecule has 1 fully saturated rings. The molecule has 0 atom stereocenters. The van der Waals surface area contributed by atoms with Crippen molar-refractivity contribution in [3.63, 3.8) is 0 Å². The van der Waals surface area contributed by atoms with Gasteiger partial charge in [0.25, 0.3) is 23.6 Å². The van der Waals surface area contributed by atoms with Gasteiger partial charge < -0.3 is 15.4 Å². The van der Waals surface area contributed by atoms with Crippen LogP contribution in [0.3, 0.4) is 0 Å². The number of nitrogens with zero attached hydrogens (tertiary/aromatic N) is 1. The Morgan fingerprint density at radius 1 is 0.892 bits per heavy atom. The standard InChI is InChI=1S/C28H25N3O6/c32-23(30-22-11-2-1-8-19(22)26(34)29-18-13-14-18)16-37-24(33)12-5-15-31-27(35)20-9-3-6-17-7-4-10-21(25(17)20)28(31)36/h1-4,6-11,18H,5,12-16H2,(H,29,34)(H,30,32). The third-order valence-electron chi connectivity index (χ3n) is 6.34. The molecule has 9 heteroatoms. The van der Waals surface area contributed by atoms with Crippen LogP contribution in [0.25, 0.3) is 10.8 Å². The normalized spacial score (nSPS) is 14.4. The van der Waals surface area contributed by atoms with Crippen LogP contribution in [-0.4, -0.2) is 53.7 Å². The van der Waals surface area contributed by atoms with E-state index < -0.39 is 30.3 Å². The van der Waals surface area contributed by atoms with Gasteiger partial charge in [-0.3, -0.25) is 28.9 Å². The van der Waals surface area contributed by atoms with Crippen molar-refractivity contribution in [2.24, 2.45) is 0 Å². The Labute approximate surface area is 212 Å². The van der Waals surface area contributed by atoms with Crippen molar-refractivity contribution >= 4 is 46.1 Å². The Morgan fingerprint density at radius 2 is 1.57 bits per heavy atom. The zero-order valence-electron chi connectivity index (χ0n) is 20.0. The largest absolute Gasteiger partial charge is 0.456 e. The van der Waals surface area contributed by atoms with Gasteiger partial charge in [0.15, 0.2) is 6.61 Å². The van der Waals surface area contributed by atoms with Crippen molar-refractivity contribution < 1.29 is 28.7 Å². The zero-order valence-corrected chi connectivity index (χ0v) is 20.0. The minimum Gasteiger partial charge on any atom is -0.456 e. The third-order valence-corrected chi connectivity index (χ3v) is 6.34. The van der Waals surface area contributed by atoms with Gasteiger partial charge in [0.2, 0.25) is 0 Å². The molecule has 188 valence electrons. The quantitative estimate of drug-likeness (QED) is 0.344. The van der Waals surface area contributed by atoms with E-state index in [1.54, 1.807) is 48.5 Å². The van der Waals surface area contributed by atoms with E-state index in [9.17, 15) is 24.0 Å². The Balaban J connectivity index is 1.11. The summed E-state index contributed by atoms with van der Waals surface area (Å²) in [5, 5.41) is 6.95. The molecular weight excluding hydrogens is 474 g/mol. The first kappa shape index (κ1) is 24.2. The number of rotatable bonds is 9. The highest BCUT2D eigenvalue weighted by Gasteiger charge is 2.32. The van der Waals surface area contributed by atoms with E-state index in [4.69, 9.17) is 4.74 Å². The molecule has 0 bridgehead atoms. The number of amides is 4. The summed E-state index contributed by atoms with van der Waals surface area (Å²) in [6.07, 6.45) is 2.01. The van der Waals surface area contributed by atoms with Crippen LogP contribution in [0.5, 0.6) is 0 Å². The van der Waals surface area contributed by atoms with Crippen LogP contribution in [0, 0.1) is 0 Å². The molecule has 2 aliphatic rings. The number of anilines is 1. The van der Waals surface area contributed by atoms with Crippen molar-refractivity contribution in [3.05, 3.63) is 77.4 Å². The molecule has 0 spiro atoms. The average Bonchev–Trinajstić information content (AvgIpc) is 3.72. The van der Waals surface area contributed by atoms with Gasteiger partial charge in [-0.2, -0.15) is 0 Å². The van der Waals surface area contributed by atoms with E-state index in [-0.39, 0.29) is 31.3 Å². The topological polar surface area (TPSA) is 122 Å². The molecule has 1 heterocycles. The van der Waals surface area contributed by atoms with Crippen LogP contribution < -0.4 is 10.6 Å². The number of carbonyl (C=O) groups excluding carboxylic acids is 5. The number of ether oxygens (including phenoxy) is 1. The van der Waals surface area contributed by atoms with E-state index in [2.05, 4.69) is 10.6 Å². The number of hydrogen-bond donors (Lipinski definition) is 2. The molecular formula is C28H25N3O6. The fourth-order valence-corrected chi connectivity index (χ4v) is 4.35. The maximum Gasteiger partial charge on any atom is 0.306 e. The highest BCUT2D eigenvalue weighted by Crippen LogP contribution is 2.30. The van der Waals surface area contributed by atoms with Crippen molar-refractivity contribution in [1.82, 2.24) is 10.2 Å². The molecule has 4 amide bonds. The monoisotopic (exact) mass is 499 g/mol. The van der Waals surface area contributed by atoms with Gasteiger partial charge in [-0.15, -0.1) is 0 Å². The van der Waals surface area contributed by atoms with E-state index >= 15 is 0 Å². The molecule has 3 aromatic carbocycles. The van der Waals surface area contributed by atoms with Gasteiger partial charge in [-0.1, -0.05) is 36.4 Å². The molecule has 0 aromatic heterocycles. The van der Waals surface area contributed by atoms with Crippen molar-refractivity contribution in [2.45, 2.75) is 31.7 Å². The smallest absolute Gasteiger partial charge is 0.306 e. The maximum absolute atomic E-state index is 12.9. The second-order valence-electron chi connectivity index (χ2n) is 9.08. The predicted molar refractivity (Wildman–Crippen MR) is 135 cm³/mol. The highest BCUT2D eigenvalue weighted by molar-refractivity contribution is 6.25. The first-order chi connectivity index (χ1) is 17.9. The third kappa shape index (κ3) is 5.20. The van der Waals surface area contributed by atoms with Crippen LogP contribution in [0.15, 0.2) is 60.7 Å². The molecule has 37 heavy (non-hydrogen) atoms. The lowest BCUT2D eigenvalue weighted by Gasteiger charge is -2.27. The maximum atomic E-state index is 12.9. The lowest BCUT2D eigenvalue weighted by atomic mass is 9.94. The lowest BCUT2D eigenvalue weighted by Crippen LogP contribution is -2.41. The summed E-state index contributed by atoms with van der Waals surface area (Å²) in [6, 6.07) is 17.4. The number of imide groups is 1. The van der Waals surface area contributed by atoms with E-state index in [0.29, 0.717) is 27.8 Å². The Hall–Kier alpha value is -4.53. The van der Waals surface area contributed by atoms with Crippen LogP contribution in [-0.2, 0) is 14.3 Å². The van der Waals surface area contributed by atoms with Crippen LogP contribution >= 0.6 is 0 Å². The molecule has 1 aliphatic carbocycles. The molecule has 2 N–H and O–H groups in total. The minimum atomic E-state index is -0.630. The van der Waals surface area contributed by atoms with Crippen LogP contribution in [0.4, 0.5) is 5.69 Å². The van der Waals surface area contributed by atoms with Gasteiger partial charge in [0, 0.05) is 35.5 Å². The second-order valence-corrected chi connectivity index (χ2v) is 9.08. The average molecular weight is 500 g/mol. The molecule has 9 nitrogen and oxygen atoms in total. The molecule has 1 aliphatic heterocycles. The van der Waals surface area contributed by atoms with Gasteiger partial charge in [0.05, 0.1) is 11.3 Å². The molecule has 0 radical (unpaired) electrons. The summed E-state index contributed by atoms with van der Waals surface area (Å²) in [6.45, 7) is -0.471. The number of carbonyl (C=O) groups is 5. The summed E-state index contributed by atoms with van der Waals surface area (Å²) in [4.78, 5) is 63.9. The summed E-state index contributed by atoms with van der Waals surface area (Å²) < 4.78 is 5.06. The van der Waals surface area contributed by atoms with Gasteiger partial charge >= 0.3 is 5.97 Å². The molecule has 5 rings (SSSR count). The number of hydrogen-bond acceptors (Lipinski definition) is 6. The van der Waals surface area contributed by atoms with Gasteiger partial charge in [0.1, 0.15) is 0 Å². The predicted octanol–water partition coefficient (Wildman–Crippen LogP) is 3.29. The Kier molecular flexibility index (Phi) is 6.68. The van der Waals surface area contributed by atoms with Crippen LogP contribution in [0.2, 0.25) is 0 Å².